The van der Waals surface area contributed by atoms with Crippen LogP contribution in [-0.4, -0.2) is 42.7 Å². The maximum Gasteiger partial charge on any atom is 0.304 e. The van der Waals surface area contributed by atoms with E-state index < -0.39 is 5.97 Å². The number of ether oxygens (including phenoxy) is 1. The molecule has 0 aromatic heterocycles. The van der Waals surface area contributed by atoms with E-state index in [-0.39, 0.29) is 6.42 Å². The Hall–Kier alpha value is -1.26. The molecule has 0 fully saturated rings. The van der Waals surface area contributed by atoms with Crippen molar-refractivity contribution in [1.82, 2.24) is 4.90 Å². The van der Waals surface area contributed by atoms with Gasteiger partial charge < -0.3 is 14.7 Å². The number of halogens is 1. The summed E-state index contributed by atoms with van der Waals surface area (Å²) in [5.74, 6) is -0.00674. The van der Waals surface area contributed by atoms with E-state index in [1.54, 1.807) is 12.1 Å². The van der Waals surface area contributed by atoms with Gasteiger partial charge in [-0.1, -0.05) is 17.7 Å². The molecule has 0 spiro atoms. The molecule has 0 heterocycles. The highest BCUT2D eigenvalue weighted by molar-refractivity contribution is 6.30. The minimum Gasteiger partial charge on any atom is -0.493 e. The topological polar surface area (TPSA) is 49.8 Å². The monoisotopic (exact) mass is 271 g/mol. The van der Waals surface area contributed by atoms with Crippen LogP contribution in [0.15, 0.2) is 24.3 Å². The standard InChI is InChI=1S/C13H18ClNO3/c1-15(8-6-13(16)17)7-3-9-18-12-5-2-4-11(14)10-12/h2,4-5,10H,3,6-9H2,1H3,(H,16,17). The highest BCUT2D eigenvalue weighted by atomic mass is 35.5. The Kier molecular flexibility index (Phi) is 6.54. The van der Waals surface area contributed by atoms with E-state index in [4.69, 9.17) is 21.4 Å². The number of rotatable bonds is 8. The van der Waals surface area contributed by atoms with Gasteiger partial charge in [-0.15, -0.1) is 0 Å². The maximum atomic E-state index is 10.4. The largest absolute Gasteiger partial charge is 0.493 e. The highest BCUT2D eigenvalue weighted by Crippen LogP contribution is 2.17. The number of carbonyl (C=O) groups is 1. The molecule has 1 aromatic rings. The van der Waals surface area contributed by atoms with Crippen LogP contribution in [-0.2, 0) is 4.79 Å². The summed E-state index contributed by atoms with van der Waals surface area (Å²) >= 11 is 5.84. The lowest BCUT2D eigenvalue weighted by Gasteiger charge is -2.15. The third-order valence-electron chi connectivity index (χ3n) is 2.46. The second-order valence-electron chi connectivity index (χ2n) is 4.11. The first-order valence-electron chi connectivity index (χ1n) is 5.86. The first-order valence-corrected chi connectivity index (χ1v) is 6.24. The Bertz CT molecular complexity index is 384. The smallest absolute Gasteiger partial charge is 0.304 e. The van der Waals surface area contributed by atoms with Crippen molar-refractivity contribution in [3.63, 3.8) is 0 Å². The second-order valence-corrected chi connectivity index (χ2v) is 4.54. The molecule has 0 atom stereocenters. The predicted molar refractivity (Wildman–Crippen MR) is 71.3 cm³/mol. The Morgan fingerprint density at radius 3 is 2.89 bits per heavy atom. The van der Waals surface area contributed by atoms with Crippen LogP contribution in [0.3, 0.4) is 0 Å². The first-order chi connectivity index (χ1) is 8.58. The van der Waals surface area contributed by atoms with Crippen LogP contribution in [0.2, 0.25) is 5.02 Å². The van der Waals surface area contributed by atoms with Crippen molar-refractivity contribution in [2.75, 3.05) is 26.7 Å². The summed E-state index contributed by atoms with van der Waals surface area (Å²) in [4.78, 5) is 12.4. The normalized spacial score (nSPS) is 10.6. The fraction of sp³-hybridized carbons (Fsp3) is 0.462. The number of carboxylic acid groups (broad SMARTS) is 1. The Labute approximate surface area is 112 Å². The molecule has 0 saturated heterocycles. The molecular formula is C13H18ClNO3. The van der Waals surface area contributed by atoms with E-state index in [9.17, 15) is 4.79 Å². The van der Waals surface area contributed by atoms with Crippen molar-refractivity contribution < 1.29 is 14.6 Å². The number of aliphatic carboxylic acids is 1. The van der Waals surface area contributed by atoms with Crippen molar-refractivity contribution in [3.05, 3.63) is 29.3 Å². The number of benzene rings is 1. The van der Waals surface area contributed by atoms with E-state index in [0.717, 1.165) is 18.7 Å². The molecule has 1 aromatic carbocycles. The zero-order chi connectivity index (χ0) is 13.4. The summed E-state index contributed by atoms with van der Waals surface area (Å²) in [6.07, 6.45) is 1.02. The van der Waals surface area contributed by atoms with Gasteiger partial charge in [-0.25, -0.2) is 0 Å². The molecule has 0 radical (unpaired) electrons. The van der Waals surface area contributed by atoms with E-state index in [2.05, 4.69) is 0 Å². The molecule has 1 rings (SSSR count). The minimum absolute atomic E-state index is 0.172. The SMILES string of the molecule is CN(CCCOc1cccc(Cl)c1)CCC(=O)O. The summed E-state index contributed by atoms with van der Waals surface area (Å²) in [6.45, 7) is 1.97. The summed E-state index contributed by atoms with van der Waals surface area (Å²) in [5, 5.41) is 9.20. The summed E-state index contributed by atoms with van der Waals surface area (Å²) in [6, 6.07) is 7.28. The van der Waals surface area contributed by atoms with Crippen LogP contribution in [0.4, 0.5) is 0 Å². The van der Waals surface area contributed by atoms with Crippen LogP contribution in [0, 0.1) is 0 Å². The van der Waals surface area contributed by atoms with Gasteiger partial charge in [0.1, 0.15) is 5.75 Å². The van der Waals surface area contributed by atoms with Crippen molar-refractivity contribution >= 4 is 17.6 Å². The quantitative estimate of drug-likeness (QED) is 0.738. The average Bonchev–Trinajstić information content (AvgIpc) is 2.32. The molecule has 18 heavy (non-hydrogen) atoms. The van der Waals surface area contributed by atoms with Crippen LogP contribution in [0.1, 0.15) is 12.8 Å². The van der Waals surface area contributed by atoms with Gasteiger partial charge in [0.25, 0.3) is 0 Å². The summed E-state index contributed by atoms with van der Waals surface area (Å²) in [5.41, 5.74) is 0. The molecular weight excluding hydrogens is 254 g/mol. The lowest BCUT2D eigenvalue weighted by Crippen LogP contribution is -2.24. The van der Waals surface area contributed by atoms with Crippen molar-refractivity contribution in [3.8, 4) is 5.75 Å². The second kappa shape index (κ2) is 7.95. The van der Waals surface area contributed by atoms with Crippen molar-refractivity contribution in [2.24, 2.45) is 0 Å². The molecule has 0 aliphatic carbocycles. The molecule has 0 bridgehead atoms. The van der Waals surface area contributed by atoms with Crippen LogP contribution >= 0.6 is 11.6 Å². The minimum atomic E-state index is -0.767. The summed E-state index contributed by atoms with van der Waals surface area (Å²) in [7, 11) is 1.91. The fourth-order valence-corrected chi connectivity index (χ4v) is 1.66. The van der Waals surface area contributed by atoms with Crippen molar-refractivity contribution in [2.45, 2.75) is 12.8 Å². The van der Waals surface area contributed by atoms with E-state index in [0.29, 0.717) is 18.2 Å². The highest BCUT2D eigenvalue weighted by Gasteiger charge is 2.02. The number of nitrogens with zero attached hydrogens (tertiary/aromatic N) is 1. The Morgan fingerprint density at radius 2 is 2.22 bits per heavy atom. The van der Waals surface area contributed by atoms with Crippen LogP contribution in [0.5, 0.6) is 5.75 Å². The van der Waals surface area contributed by atoms with Gasteiger partial charge in [-0.3, -0.25) is 4.79 Å². The van der Waals surface area contributed by atoms with Gasteiger partial charge in [0.05, 0.1) is 13.0 Å². The number of hydrogen-bond acceptors (Lipinski definition) is 3. The zero-order valence-electron chi connectivity index (χ0n) is 10.4. The van der Waals surface area contributed by atoms with Gasteiger partial charge in [-0.2, -0.15) is 0 Å². The van der Waals surface area contributed by atoms with Crippen molar-refractivity contribution in [1.29, 1.82) is 0 Å². The predicted octanol–water partition coefficient (Wildman–Crippen LogP) is 2.52. The lowest BCUT2D eigenvalue weighted by molar-refractivity contribution is -0.137. The third-order valence-corrected chi connectivity index (χ3v) is 2.69. The molecule has 0 aliphatic heterocycles. The van der Waals surface area contributed by atoms with Crippen LogP contribution < -0.4 is 4.74 Å². The number of carboxylic acids is 1. The molecule has 0 unspecified atom stereocenters. The van der Waals surface area contributed by atoms with Gasteiger partial charge >= 0.3 is 5.97 Å². The molecule has 0 saturated carbocycles. The fourth-order valence-electron chi connectivity index (χ4n) is 1.48. The van der Waals surface area contributed by atoms with E-state index in [1.165, 1.54) is 0 Å². The van der Waals surface area contributed by atoms with E-state index >= 15 is 0 Å². The van der Waals surface area contributed by atoms with Crippen LogP contribution in [0.25, 0.3) is 0 Å². The molecule has 4 nitrogen and oxygen atoms in total. The summed E-state index contributed by atoms with van der Waals surface area (Å²) < 4.78 is 5.54. The van der Waals surface area contributed by atoms with Gasteiger partial charge in [-0.05, 0) is 31.7 Å². The Balaban J connectivity index is 2.13. The first kappa shape index (κ1) is 14.8. The number of hydrogen-bond donors (Lipinski definition) is 1. The average molecular weight is 272 g/mol. The zero-order valence-corrected chi connectivity index (χ0v) is 11.2. The molecule has 100 valence electrons. The molecule has 5 heteroatoms. The van der Waals surface area contributed by atoms with Gasteiger partial charge in [0.15, 0.2) is 0 Å². The maximum absolute atomic E-state index is 10.4. The Morgan fingerprint density at radius 1 is 1.44 bits per heavy atom. The molecule has 0 aliphatic rings. The molecule has 0 amide bonds. The van der Waals surface area contributed by atoms with Gasteiger partial charge in [0.2, 0.25) is 0 Å². The molecule has 1 N–H and O–H groups in total. The lowest BCUT2D eigenvalue weighted by atomic mass is 10.3. The third kappa shape index (κ3) is 6.47. The van der Waals surface area contributed by atoms with Gasteiger partial charge in [0, 0.05) is 18.1 Å². The van der Waals surface area contributed by atoms with E-state index in [1.807, 2.05) is 24.1 Å².